The number of hydrogen-bond donors (Lipinski definition) is 0. The second-order valence-electron chi connectivity index (χ2n) is 7.87. The van der Waals surface area contributed by atoms with Gasteiger partial charge in [0.2, 0.25) is 0 Å². The second kappa shape index (κ2) is 16.1. The molecule has 0 fully saturated rings. The Bertz CT molecular complexity index is 311. The summed E-state index contributed by atoms with van der Waals surface area (Å²) in [5.74, 6) is 0. The van der Waals surface area contributed by atoms with E-state index < -0.39 is 0 Å². The van der Waals surface area contributed by atoms with Crippen LogP contribution in [-0.4, -0.2) is 0 Å². The zero-order valence-corrected chi connectivity index (χ0v) is 16.4. The number of unbranched alkanes of at least 4 members (excludes halogenated alkanes) is 7. The fourth-order valence-electron chi connectivity index (χ4n) is 2.63. The van der Waals surface area contributed by atoms with Gasteiger partial charge in [-0.05, 0) is 43.9 Å². The molecule has 0 amide bonds. The maximum atomic E-state index is 2.36. The highest BCUT2D eigenvalue weighted by Gasteiger charge is 2.08. The van der Waals surface area contributed by atoms with Gasteiger partial charge in [-0.25, -0.2) is 0 Å². The lowest BCUT2D eigenvalue weighted by atomic mass is 9.89. The summed E-state index contributed by atoms with van der Waals surface area (Å²) >= 11 is 0. The Balaban J connectivity index is 3.24. The Labute approximate surface area is 147 Å². The van der Waals surface area contributed by atoms with Crippen LogP contribution in [0.3, 0.4) is 0 Å². The highest BCUT2D eigenvalue weighted by atomic mass is 14.1. The topological polar surface area (TPSA) is 0 Å². The van der Waals surface area contributed by atoms with Gasteiger partial charge in [-0.1, -0.05) is 103 Å². The number of rotatable bonds is 14. The van der Waals surface area contributed by atoms with Gasteiger partial charge in [0, 0.05) is 0 Å². The van der Waals surface area contributed by atoms with E-state index in [1.54, 1.807) is 0 Å². The van der Waals surface area contributed by atoms with Gasteiger partial charge >= 0.3 is 0 Å². The van der Waals surface area contributed by atoms with Crippen molar-refractivity contribution in [2.45, 2.75) is 105 Å². The molecule has 0 aromatic rings. The smallest absolute Gasteiger partial charge is 0.0169 e. The van der Waals surface area contributed by atoms with E-state index >= 15 is 0 Å². The second-order valence-corrected chi connectivity index (χ2v) is 7.87. The van der Waals surface area contributed by atoms with Gasteiger partial charge in [0.15, 0.2) is 0 Å². The molecule has 0 aliphatic carbocycles. The Morgan fingerprint density at radius 2 is 1.04 bits per heavy atom. The molecule has 0 atom stereocenters. The van der Waals surface area contributed by atoms with Gasteiger partial charge < -0.3 is 0 Å². The molecule has 0 N–H and O–H groups in total. The van der Waals surface area contributed by atoms with Gasteiger partial charge in [0.1, 0.15) is 0 Å². The monoisotopic (exact) mass is 318 g/mol. The van der Waals surface area contributed by atoms with Crippen molar-refractivity contribution in [3.8, 4) is 0 Å². The summed E-state index contributed by atoms with van der Waals surface area (Å²) in [6, 6.07) is 0. The van der Waals surface area contributed by atoms with E-state index in [2.05, 4.69) is 64.2 Å². The zero-order valence-electron chi connectivity index (χ0n) is 16.4. The highest BCUT2D eigenvalue weighted by Crippen LogP contribution is 2.22. The molecule has 0 aromatic heterocycles. The van der Waals surface area contributed by atoms with Gasteiger partial charge in [0.25, 0.3) is 0 Å². The minimum Gasteiger partial charge on any atom is -0.0885 e. The first kappa shape index (κ1) is 22.2. The fraction of sp³-hybridized carbons (Fsp3) is 0.739. The largest absolute Gasteiger partial charge is 0.0885 e. The first-order chi connectivity index (χ1) is 11.1. The van der Waals surface area contributed by atoms with Crippen LogP contribution in [0.25, 0.3) is 0 Å². The molecule has 0 unspecified atom stereocenters. The van der Waals surface area contributed by atoms with Crippen molar-refractivity contribution in [3.05, 3.63) is 36.5 Å². The Kier molecular flexibility index (Phi) is 15.5. The standard InChI is InChI=1S/C23H42/c1-5-6-7-8-9-10-11-12-13-14-15-16-17-18-19-20-21-22-23(2,3)4/h6-7,9-10,12-13H,5,8,11,14-22H2,1-4H3/b7-6-,10-9-,13-12-. The summed E-state index contributed by atoms with van der Waals surface area (Å²) in [6.45, 7) is 9.22. The summed E-state index contributed by atoms with van der Waals surface area (Å²) in [5.41, 5.74) is 0.522. The predicted octanol–water partition coefficient (Wildman–Crippen LogP) is 8.40. The lowest BCUT2D eigenvalue weighted by Crippen LogP contribution is -2.03. The van der Waals surface area contributed by atoms with Gasteiger partial charge in [-0.15, -0.1) is 0 Å². The van der Waals surface area contributed by atoms with Crippen molar-refractivity contribution in [3.63, 3.8) is 0 Å². The summed E-state index contributed by atoms with van der Waals surface area (Å²) in [7, 11) is 0. The maximum Gasteiger partial charge on any atom is -0.0169 e. The molecule has 0 saturated carbocycles. The maximum absolute atomic E-state index is 2.36. The third-order valence-corrected chi connectivity index (χ3v) is 4.08. The fourth-order valence-corrected chi connectivity index (χ4v) is 2.63. The molecular weight excluding hydrogens is 276 g/mol. The van der Waals surface area contributed by atoms with Crippen molar-refractivity contribution < 1.29 is 0 Å². The third kappa shape index (κ3) is 21.2. The van der Waals surface area contributed by atoms with Crippen LogP contribution >= 0.6 is 0 Å². The quantitative estimate of drug-likeness (QED) is 0.223. The van der Waals surface area contributed by atoms with Crippen LogP contribution in [0.1, 0.15) is 105 Å². The lowest BCUT2D eigenvalue weighted by molar-refractivity contribution is 0.356. The van der Waals surface area contributed by atoms with E-state index in [1.165, 1.54) is 57.8 Å². The average molecular weight is 319 g/mol. The Hall–Kier alpha value is -0.780. The van der Waals surface area contributed by atoms with E-state index in [-0.39, 0.29) is 0 Å². The molecule has 0 bridgehead atoms. The molecule has 0 rings (SSSR count). The highest BCUT2D eigenvalue weighted by molar-refractivity contribution is 4.96. The van der Waals surface area contributed by atoms with Gasteiger partial charge in [-0.2, -0.15) is 0 Å². The zero-order chi connectivity index (χ0) is 17.2. The Morgan fingerprint density at radius 1 is 0.565 bits per heavy atom. The van der Waals surface area contributed by atoms with E-state index in [4.69, 9.17) is 0 Å². The Morgan fingerprint density at radius 3 is 1.61 bits per heavy atom. The van der Waals surface area contributed by atoms with Gasteiger partial charge in [-0.3, -0.25) is 0 Å². The first-order valence-corrected chi connectivity index (χ1v) is 10.0. The number of allylic oxidation sites excluding steroid dienone is 6. The van der Waals surface area contributed by atoms with E-state index in [9.17, 15) is 0 Å². The normalized spacial score (nSPS) is 13.0. The summed E-state index contributed by atoms with van der Waals surface area (Å²) in [6.07, 6.45) is 29.5. The molecule has 0 aromatic carbocycles. The molecule has 0 heteroatoms. The molecule has 0 saturated heterocycles. The summed E-state index contributed by atoms with van der Waals surface area (Å²) < 4.78 is 0. The molecule has 0 nitrogen and oxygen atoms in total. The van der Waals surface area contributed by atoms with Gasteiger partial charge in [0.05, 0.1) is 0 Å². The number of hydrogen-bond acceptors (Lipinski definition) is 0. The molecule has 134 valence electrons. The molecule has 0 heterocycles. The van der Waals surface area contributed by atoms with Crippen LogP contribution in [0, 0.1) is 5.41 Å². The molecule has 0 aliphatic rings. The first-order valence-electron chi connectivity index (χ1n) is 10.0. The summed E-state index contributed by atoms with van der Waals surface area (Å²) in [4.78, 5) is 0. The van der Waals surface area contributed by atoms with Crippen LogP contribution in [-0.2, 0) is 0 Å². The van der Waals surface area contributed by atoms with Crippen LogP contribution < -0.4 is 0 Å². The van der Waals surface area contributed by atoms with Crippen molar-refractivity contribution in [2.75, 3.05) is 0 Å². The third-order valence-electron chi connectivity index (χ3n) is 4.08. The van der Waals surface area contributed by atoms with E-state index in [0.29, 0.717) is 5.41 Å². The molecular formula is C23H42. The van der Waals surface area contributed by atoms with Crippen LogP contribution in [0.2, 0.25) is 0 Å². The van der Waals surface area contributed by atoms with Crippen molar-refractivity contribution in [1.82, 2.24) is 0 Å². The minimum absolute atomic E-state index is 0.522. The summed E-state index contributed by atoms with van der Waals surface area (Å²) in [5, 5.41) is 0. The van der Waals surface area contributed by atoms with Crippen molar-refractivity contribution >= 4 is 0 Å². The lowest BCUT2D eigenvalue weighted by Gasteiger charge is -2.17. The van der Waals surface area contributed by atoms with Crippen molar-refractivity contribution in [1.29, 1.82) is 0 Å². The van der Waals surface area contributed by atoms with E-state index in [1.807, 2.05) is 0 Å². The van der Waals surface area contributed by atoms with E-state index in [0.717, 1.165) is 19.3 Å². The molecule has 0 aliphatic heterocycles. The van der Waals surface area contributed by atoms with Crippen molar-refractivity contribution in [2.24, 2.45) is 5.41 Å². The predicted molar refractivity (Wildman–Crippen MR) is 108 cm³/mol. The van der Waals surface area contributed by atoms with Crippen LogP contribution in [0.5, 0.6) is 0 Å². The minimum atomic E-state index is 0.522. The average Bonchev–Trinajstić information content (AvgIpc) is 2.49. The van der Waals surface area contributed by atoms with Crippen LogP contribution in [0.15, 0.2) is 36.5 Å². The van der Waals surface area contributed by atoms with Crippen LogP contribution in [0.4, 0.5) is 0 Å². The SMILES string of the molecule is CC/C=C\C/C=C\C/C=C\CCCCCCCCCC(C)(C)C. The molecule has 0 spiro atoms. The molecule has 0 radical (unpaired) electrons. The molecule has 23 heavy (non-hydrogen) atoms.